The summed E-state index contributed by atoms with van der Waals surface area (Å²) in [5.41, 5.74) is 8.97. The van der Waals surface area contributed by atoms with Gasteiger partial charge in [0, 0.05) is 11.1 Å². The molecular weight excluding hydrogens is 246 g/mol. The maximum Gasteiger partial charge on any atom is 0.169 e. The van der Waals surface area contributed by atoms with Gasteiger partial charge in [-0.1, -0.05) is 54.6 Å². The SMILES string of the molecule is NC1(c2ccccc2)OCc2cc3ccccc3cc21. The number of nitrogens with two attached hydrogens (primary N) is 1. The van der Waals surface area contributed by atoms with E-state index in [1.165, 1.54) is 16.3 Å². The summed E-state index contributed by atoms with van der Waals surface area (Å²) in [4.78, 5) is 0. The first-order chi connectivity index (χ1) is 9.77. The average Bonchev–Trinajstić information content (AvgIpc) is 2.84. The van der Waals surface area contributed by atoms with Crippen LogP contribution in [0.25, 0.3) is 10.8 Å². The van der Waals surface area contributed by atoms with E-state index in [9.17, 15) is 0 Å². The minimum atomic E-state index is -0.833. The first-order valence-corrected chi connectivity index (χ1v) is 6.78. The molecule has 2 heteroatoms. The van der Waals surface area contributed by atoms with Crippen molar-refractivity contribution in [3.63, 3.8) is 0 Å². The van der Waals surface area contributed by atoms with E-state index in [0.29, 0.717) is 6.61 Å². The van der Waals surface area contributed by atoms with Gasteiger partial charge in [0.05, 0.1) is 6.61 Å². The van der Waals surface area contributed by atoms with Crippen molar-refractivity contribution in [1.29, 1.82) is 0 Å². The zero-order valence-electron chi connectivity index (χ0n) is 11.0. The minimum Gasteiger partial charge on any atom is -0.348 e. The van der Waals surface area contributed by atoms with Gasteiger partial charge in [-0.3, -0.25) is 5.73 Å². The molecule has 0 saturated carbocycles. The van der Waals surface area contributed by atoms with E-state index in [1.807, 2.05) is 36.4 Å². The number of hydrogen-bond donors (Lipinski definition) is 1. The number of benzene rings is 3. The van der Waals surface area contributed by atoms with Crippen LogP contribution in [0.15, 0.2) is 66.7 Å². The lowest BCUT2D eigenvalue weighted by Gasteiger charge is -2.25. The van der Waals surface area contributed by atoms with E-state index in [-0.39, 0.29) is 0 Å². The van der Waals surface area contributed by atoms with E-state index in [1.54, 1.807) is 0 Å². The molecule has 3 aromatic carbocycles. The standard InChI is InChI=1S/C18H15NO/c19-18(16-8-2-1-3-9-16)17-11-14-7-5-4-6-13(14)10-15(17)12-20-18/h1-11H,12,19H2. The van der Waals surface area contributed by atoms with Crippen LogP contribution in [-0.4, -0.2) is 0 Å². The highest BCUT2D eigenvalue weighted by Crippen LogP contribution is 2.39. The third-order valence-electron chi connectivity index (χ3n) is 4.03. The summed E-state index contributed by atoms with van der Waals surface area (Å²) in [6, 6.07) is 22.7. The second-order valence-corrected chi connectivity index (χ2v) is 5.25. The maximum absolute atomic E-state index is 6.56. The molecule has 0 aromatic heterocycles. The molecule has 0 fully saturated rings. The highest BCUT2D eigenvalue weighted by molar-refractivity contribution is 5.84. The van der Waals surface area contributed by atoms with Gasteiger partial charge in [-0.25, -0.2) is 0 Å². The Labute approximate surface area is 117 Å². The normalized spacial score (nSPS) is 21.1. The van der Waals surface area contributed by atoms with E-state index >= 15 is 0 Å². The summed E-state index contributed by atoms with van der Waals surface area (Å²) < 4.78 is 5.95. The summed E-state index contributed by atoms with van der Waals surface area (Å²) in [5.74, 6) is 0. The zero-order valence-corrected chi connectivity index (χ0v) is 11.0. The Bertz CT molecular complexity index is 782. The Hall–Kier alpha value is -2.16. The zero-order chi connectivity index (χ0) is 13.6. The minimum absolute atomic E-state index is 0.561. The molecular formula is C18H15NO. The van der Waals surface area contributed by atoms with Crippen LogP contribution >= 0.6 is 0 Å². The van der Waals surface area contributed by atoms with Crippen LogP contribution in [0, 0.1) is 0 Å². The van der Waals surface area contributed by atoms with Crippen molar-refractivity contribution < 1.29 is 4.74 Å². The first kappa shape index (κ1) is 11.6. The third kappa shape index (κ3) is 1.59. The molecule has 0 amide bonds. The van der Waals surface area contributed by atoms with Crippen molar-refractivity contribution in [2.75, 3.05) is 0 Å². The molecule has 2 N–H and O–H groups in total. The molecule has 0 saturated heterocycles. The average molecular weight is 261 g/mol. The summed E-state index contributed by atoms with van der Waals surface area (Å²) >= 11 is 0. The Morgan fingerprint density at radius 1 is 0.850 bits per heavy atom. The van der Waals surface area contributed by atoms with Crippen molar-refractivity contribution in [3.8, 4) is 0 Å². The summed E-state index contributed by atoms with van der Waals surface area (Å²) in [6.07, 6.45) is 0. The van der Waals surface area contributed by atoms with E-state index in [4.69, 9.17) is 10.5 Å². The highest BCUT2D eigenvalue weighted by Gasteiger charge is 2.38. The molecule has 1 heterocycles. The monoisotopic (exact) mass is 261 g/mol. The van der Waals surface area contributed by atoms with Gasteiger partial charge in [0.15, 0.2) is 5.72 Å². The Kier molecular flexibility index (Phi) is 2.43. The lowest BCUT2D eigenvalue weighted by Crippen LogP contribution is -2.37. The topological polar surface area (TPSA) is 35.2 Å². The smallest absolute Gasteiger partial charge is 0.169 e. The molecule has 0 bridgehead atoms. The van der Waals surface area contributed by atoms with Gasteiger partial charge in [0.1, 0.15) is 0 Å². The lowest BCUT2D eigenvalue weighted by atomic mass is 9.91. The van der Waals surface area contributed by atoms with Crippen LogP contribution in [-0.2, 0) is 17.1 Å². The predicted octanol–water partition coefficient (Wildman–Crippen LogP) is 3.53. The van der Waals surface area contributed by atoms with Crippen molar-refractivity contribution in [2.45, 2.75) is 12.3 Å². The van der Waals surface area contributed by atoms with Gasteiger partial charge in [0.25, 0.3) is 0 Å². The van der Waals surface area contributed by atoms with Gasteiger partial charge >= 0.3 is 0 Å². The molecule has 0 aliphatic carbocycles. The molecule has 0 radical (unpaired) electrons. The van der Waals surface area contributed by atoms with Gasteiger partial charge in [0.2, 0.25) is 0 Å². The Morgan fingerprint density at radius 3 is 2.25 bits per heavy atom. The van der Waals surface area contributed by atoms with Crippen molar-refractivity contribution in [1.82, 2.24) is 0 Å². The Morgan fingerprint density at radius 2 is 1.50 bits per heavy atom. The van der Waals surface area contributed by atoms with E-state index in [2.05, 4.69) is 30.3 Å². The highest BCUT2D eigenvalue weighted by atomic mass is 16.5. The van der Waals surface area contributed by atoms with Crippen molar-refractivity contribution >= 4 is 10.8 Å². The van der Waals surface area contributed by atoms with Crippen molar-refractivity contribution in [2.24, 2.45) is 5.73 Å². The van der Waals surface area contributed by atoms with Crippen LogP contribution in [0.3, 0.4) is 0 Å². The second kappa shape index (κ2) is 4.17. The molecule has 3 aromatic rings. The van der Waals surface area contributed by atoms with Gasteiger partial charge < -0.3 is 4.74 Å². The van der Waals surface area contributed by atoms with Crippen molar-refractivity contribution in [3.05, 3.63) is 83.4 Å². The molecule has 98 valence electrons. The molecule has 1 atom stereocenters. The molecule has 0 spiro atoms. The molecule has 1 aliphatic heterocycles. The van der Waals surface area contributed by atoms with Crippen LogP contribution in [0.5, 0.6) is 0 Å². The van der Waals surface area contributed by atoms with Crippen LogP contribution in [0.4, 0.5) is 0 Å². The molecule has 1 unspecified atom stereocenters. The van der Waals surface area contributed by atoms with Gasteiger partial charge in [-0.2, -0.15) is 0 Å². The summed E-state index contributed by atoms with van der Waals surface area (Å²) in [7, 11) is 0. The van der Waals surface area contributed by atoms with Crippen LogP contribution < -0.4 is 5.73 Å². The molecule has 20 heavy (non-hydrogen) atoms. The fourth-order valence-electron chi connectivity index (χ4n) is 2.95. The molecule has 1 aliphatic rings. The van der Waals surface area contributed by atoms with Crippen LogP contribution in [0.2, 0.25) is 0 Å². The number of fused-ring (bicyclic) bond motifs is 2. The Balaban J connectivity index is 1.95. The number of ether oxygens (including phenoxy) is 1. The predicted molar refractivity (Wildman–Crippen MR) is 80.1 cm³/mol. The van der Waals surface area contributed by atoms with E-state index < -0.39 is 5.72 Å². The second-order valence-electron chi connectivity index (χ2n) is 5.25. The van der Waals surface area contributed by atoms with Gasteiger partial charge in [-0.05, 0) is 28.5 Å². The van der Waals surface area contributed by atoms with Gasteiger partial charge in [-0.15, -0.1) is 0 Å². The fourth-order valence-corrected chi connectivity index (χ4v) is 2.95. The quantitative estimate of drug-likeness (QED) is 0.727. The summed E-state index contributed by atoms with van der Waals surface area (Å²) in [5, 5.41) is 2.43. The lowest BCUT2D eigenvalue weighted by molar-refractivity contribution is -0.000178. The van der Waals surface area contributed by atoms with E-state index in [0.717, 1.165) is 11.1 Å². The van der Waals surface area contributed by atoms with Crippen LogP contribution in [0.1, 0.15) is 16.7 Å². The maximum atomic E-state index is 6.56. The number of hydrogen-bond acceptors (Lipinski definition) is 2. The number of rotatable bonds is 1. The molecule has 2 nitrogen and oxygen atoms in total. The third-order valence-corrected chi connectivity index (χ3v) is 4.03. The summed E-state index contributed by atoms with van der Waals surface area (Å²) in [6.45, 7) is 0.561. The molecule has 4 rings (SSSR count). The largest absolute Gasteiger partial charge is 0.348 e. The fraction of sp³-hybridized carbons (Fsp3) is 0.111. The first-order valence-electron chi connectivity index (χ1n) is 6.78.